The molecule has 8 aromatic carbocycles. The van der Waals surface area contributed by atoms with Crippen LogP contribution in [0.3, 0.4) is 0 Å². The molecule has 2 aromatic heterocycles. The fraction of sp³-hybridized carbons (Fsp3) is 0.310. The molecule has 0 aliphatic carbocycles. The van der Waals surface area contributed by atoms with Crippen molar-refractivity contribution in [1.29, 1.82) is 5.26 Å². The third-order valence-electron chi connectivity index (χ3n) is 23.8. The van der Waals surface area contributed by atoms with Gasteiger partial charge in [0.1, 0.15) is 0 Å². The number of rotatable bonds is 5. The Morgan fingerprint density at radius 1 is 0.471 bits per heavy atom. The predicted molar refractivity (Wildman–Crippen MR) is 418 cm³/mol. The number of halogens is 2. The Morgan fingerprint density at radius 3 is 1.15 bits per heavy atom. The third-order valence-corrected chi connectivity index (χ3v) is 24.0. The van der Waals surface area contributed by atoms with Crippen LogP contribution in [0.15, 0.2) is 73.2 Å². The van der Waals surface area contributed by atoms with Crippen molar-refractivity contribution in [1.82, 2.24) is 9.97 Å². The van der Waals surface area contributed by atoms with E-state index in [0.29, 0.717) is 5.69 Å². The van der Waals surface area contributed by atoms with Crippen LogP contribution < -0.4 is 76.7 Å². The molecule has 0 fully saturated rings. The van der Waals surface area contributed by atoms with Crippen LogP contribution in [-0.4, -0.2) is 73.1 Å². The first kappa shape index (κ1) is 84.8. The second-order valence-electron chi connectivity index (χ2n) is 27.9. The number of hydrogen-bond acceptors (Lipinski definition) is 10. The van der Waals surface area contributed by atoms with Crippen molar-refractivity contribution in [3.05, 3.63) is 269 Å². The quantitative estimate of drug-likeness (QED) is 0.0581. The maximum atomic E-state index is 13.4. The molecular weight excluding hydrogens is 1390 g/mol. The van der Waals surface area contributed by atoms with Crippen LogP contribution in [0.2, 0.25) is 0 Å². The van der Waals surface area contributed by atoms with Crippen LogP contribution in [0, 0.1) is 196 Å². The summed E-state index contributed by atoms with van der Waals surface area (Å²) in [5.74, 6) is -0.661. The monoisotopic (exact) mass is 1480 g/mol. The van der Waals surface area contributed by atoms with Gasteiger partial charge in [-0.2, -0.15) is 5.26 Å². The first-order valence-electron chi connectivity index (χ1n) is 35.3. The number of fused-ring (bicyclic) bond motifs is 6. The van der Waals surface area contributed by atoms with Gasteiger partial charge >= 0.3 is 123 Å². The number of nitriles is 1. The number of nitrogens with zero attached hydrogens (tertiary/aromatic N) is 6. The molecule has 1 N–H and O–H groups in total. The Kier molecular flexibility index (Phi) is 28.4. The van der Waals surface area contributed by atoms with E-state index >= 15 is 0 Å². The fourth-order valence-corrected chi connectivity index (χ4v) is 15.7. The number of nitrogens with one attached hydrogen (secondary N) is 1. The molecule has 0 saturated heterocycles. The summed E-state index contributed by atoms with van der Waals surface area (Å²) < 4.78 is 38.2. The van der Waals surface area contributed by atoms with Gasteiger partial charge in [0, 0.05) is 48.0 Å². The molecule has 1 atom stereocenters. The van der Waals surface area contributed by atoms with Crippen LogP contribution in [-0.2, 0) is 28.5 Å². The molecule has 1 unspecified atom stereocenters. The molecule has 0 spiro atoms. The molecule has 10 aromatic rings. The molecule has 520 valence electrons. The Labute approximate surface area is 704 Å². The van der Waals surface area contributed by atoms with Crippen LogP contribution >= 0.6 is 8.25 Å². The van der Waals surface area contributed by atoms with Crippen molar-refractivity contribution in [2.45, 2.75) is 185 Å². The predicted octanol–water partition coefficient (Wildman–Crippen LogP) is 18.2. The van der Waals surface area contributed by atoms with Gasteiger partial charge in [0.2, 0.25) is 0 Å². The summed E-state index contributed by atoms with van der Waals surface area (Å²) >= 11 is 2.50. The number of pyridine rings is 2. The molecular formula is C87H91F2K3N7O4P. The van der Waals surface area contributed by atoms with Gasteiger partial charge in [0.25, 0.3) is 0 Å². The summed E-state index contributed by atoms with van der Waals surface area (Å²) in [5, 5.41) is 21.2. The van der Waals surface area contributed by atoms with E-state index in [-0.39, 0.29) is 68.1 Å². The van der Waals surface area contributed by atoms with Crippen molar-refractivity contribution in [3.8, 4) is 28.3 Å². The van der Waals surface area contributed by atoms with Gasteiger partial charge in [0.15, 0.2) is 23.1 Å². The molecule has 104 heavy (non-hydrogen) atoms. The number of aromatic nitrogens is 2. The van der Waals surface area contributed by atoms with Gasteiger partial charge in [-0.15, -0.1) is 0 Å². The summed E-state index contributed by atoms with van der Waals surface area (Å²) in [6.07, 6.45) is 6.63. The standard InChI is InChI=1S/C54H58N4.C21H27N.C12H6F2N2.3K.HO4P/c1-26-30(5)38(13)49-44(34(26)9)24-45-35(10)27(2)31(6)39(14)50(45)57(49)53-43(42-20-18-19-21-48(42)55-17)22-23-56-54(53)58-51-40(15)32(7)28(3)36(11)46(51)25-47-37(12)29(4)33(8)41(16)52(47)58;1-10-12(3)16(7)20-18(14(10)5)9-19-15(6)11(2)13(4)17(8)21(19)22-20;13-10-6-16-7-11(14)12(10)9-4-2-1-3-8(9)5-15;;;;1-4-5(2)3/h18-23H,24-25H2,1-16H3;22H,9H2,1-8H3;1-4,6-7H;;;;1H/q;;;;;+1;/p-1. The zero-order valence-corrected chi connectivity index (χ0v) is 76.3. The van der Waals surface area contributed by atoms with Crippen molar-refractivity contribution in [2.24, 2.45) is 0 Å². The van der Waals surface area contributed by atoms with Gasteiger partial charge in [-0.25, -0.2) is 23.3 Å². The van der Waals surface area contributed by atoms with Gasteiger partial charge in [-0.3, -0.25) is 9.88 Å². The minimum absolute atomic E-state index is 0. The van der Waals surface area contributed by atoms with E-state index in [1.54, 1.807) is 12.1 Å². The van der Waals surface area contributed by atoms with Crippen molar-refractivity contribution in [2.75, 3.05) is 15.1 Å². The molecule has 0 amide bonds. The zero-order chi connectivity index (χ0) is 76.1. The molecule has 3 aliphatic heterocycles. The van der Waals surface area contributed by atoms with Gasteiger partial charge in [-0.1, -0.05) is 42.5 Å². The summed E-state index contributed by atoms with van der Waals surface area (Å²) in [4.78, 5) is 27.2. The summed E-state index contributed by atoms with van der Waals surface area (Å²) in [5.41, 5.74) is 52.6. The fourth-order valence-electron chi connectivity index (χ4n) is 15.7. The Balaban J connectivity index is 0.000000240. The first-order chi connectivity index (χ1) is 48.7. The van der Waals surface area contributed by atoms with E-state index in [9.17, 15) is 8.78 Å². The van der Waals surface area contributed by atoms with Gasteiger partial charge in [0.05, 0.1) is 64.6 Å². The van der Waals surface area contributed by atoms with E-state index in [4.69, 9.17) is 31.5 Å². The summed E-state index contributed by atoms with van der Waals surface area (Å²) in [6.45, 7) is 63.3. The number of hydrogen-bond donors (Lipinski definition) is 1. The third kappa shape index (κ3) is 15.2. The Morgan fingerprint density at radius 2 is 0.788 bits per heavy atom. The molecule has 0 saturated carbocycles. The van der Waals surface area contributed by atoms with Crippen molar-refractivity contribution >= 4 is 123 Å². The summed E-state index contributed by atoms with van der Waals surface area (Å²) in [6, 6.07) is 18.5. The van der Waals surface area contributed by atoms with Crippen LogP contribution in [0.4, 0.5) is 60.1 Å². The first-order valence-corrected chi connectivity index (χ1v) is 52.4. The van der Waals surface area contributed by atoms with E-state index in [2.05, 4.69) is 214 Å². The molecule has 0 bridgehead atoms. The average molecular weight is 1480 g/mol. The normalized spacial score (nSPS) is 12.0. The van der Waals surface area contributed by atoms with Crippen molar-refractivity contribution in [3.63, 3.8) is 0 Å². The van der Waals surface area contributed by atoms with Gasteiger partial charge in [-0.05, 0) is 355 Å². The molecule has 17 heteroatoms. The molecule has 3 aliphatic rings. The molecule has 11 nitrogen and oxygen atoms in total. The van der Waals surface area contributed by atoms with Crippen molar-refractivity contribution < 1.29 is 79.6 Å². The van der Waals surface area contributed by atoms with E-state index in [1.807, 2.05) is 24.4 Å². The van der Waals surface area contributed by atoms with E-state index < -0.39 is 19.9 Å². The SMILES string of the molecule is Cc1c(C)c(C)c2c(c1C)Cc1c(C)c(C)c(C)c(C)c1N2.N#Cc1ccccc1-c1c(F)cncc1F.O=[P+]([O-])O[O-].[C-]#[N+]c1ccccc1-c1ccnc(N2c3c(C)c(C)c(C)c(C)c3Cc3c(C)c(C)c(C)c(C)c32)c1N1c2c(C)c(C)c(C)c(C)c2Cc2c(C)c(C)c(C)c(C)c21.[K+].[K][K]. The second-order valence-corrected chi connectivity index (χ2v) is 28.5. The molecule has 13 rings (SSSR count). The summed E-state index contributed by atoms with van der Waals surface area (Å²) in [7, 11) is -3.15. The zero-order valence-electron chi connectivity index (χ0n) is 66.1. The second kappa shape index (κ2) is 34.8. The number of benzene rings is 8. The van der Waals surface area contributed by atoms with Gasteiger partial charge < -0.3 is 20.4 Å². The Hall–Kier alpha value is -4.81. The topological polar surface area (TPSA) is 145 Å². The molecule has 0 radical (unpaired) electrons. The van der Waals surface area contributed by atoms with E-state index in [0.717, 1.165) is 54.3 Å². The van der Waals surface area contributed by atoms with Crippen LogP contribution in [0.1, 0.15) is 172 Å². The van der Waals surface area contributed by atoms with Crippen LogP contribution in [0.25, 0.3) is 27.1 Å². The maximum absolute atomic E-state index is 13.4. The number of para-hydroxylation sites is 1. The minimum atomic E-state index is -3.15. The number of anilines is 8. The van der Waals surface area contributed by atoms with E-state index in [1.165, 1.54) is 276 Å². The van der Waals surface area contributed by atoms with Crippen LogP contribution in [0.5, 0.6) is 0 Å². The average Bonchev–Trinajstić information content (AvgIpc) is 0.701. The molecule has 5 heterocycles. The Bertz CT molecular complexity index is 4990.